The average molecular weight is 391 g/mol. The molecule has 2 heterocycles. The molecule has 5 atom stereocenters. The smallest absolute Gasteiger partial charge is 0.407 e. The molecule has 8 nitrogen and oxygen atoms in total. The van der Waals surface area contributed by atoms with Gasteiger partial charge in [-0.25, -0.2) is 4.79 Å². The van der Waals surface area contributed by atoms with Crippen LogP contribution in [0.25, 0.3) is 0 Å². The number of ether oxygens (including phenoxy) is 4. The lowest BCUT2D eigenvalue weighted by atomic mass is 9.98. The number of rotatable bonds is 7. The Kier molecular flexibility index (Phi) is 7.32. The Bertz CT molecular complexity index is 524. The maximum absolute atomic E-state index is 11.5. The number of methoxy groups -OCH3 is 3. The van der Waals surface area contributed by atoms with Crippen LogP contribution in [0.1, 0.15) is 27.2 Å². The summed E-state index contributed by atoms with van der Waals surface area (Å²) in [6.45, 7) is 6.44. The van der Waals surface area contributed by atoms with Gasteiger partial charge in [0.25, 0.3) is 0 Å². The minimum atomic E-state index is -0.927. The molecule has 2 rings (SSSR count). The van der Waals surface area contributed by atoms with E-state index in [-0.39, 0.29) is 29.8 Å². The maximum atomic E-state index is 11.5. The fourth-order valence-electron chi connectivity index (χ4n) is 3.36. The lowest BCUT2D eigenvalue weighted by Crippen LogP contribution is -2.57. The Balaban J connectivity index is 2.08. The Morgan fingerprint density at radius 1 is 1.27 bits per heavy atom. The summed E-state index contributed by atoms with van der Waals surface area (Å²) in [5, 5.41) is 10.3. The molecule has 0 aliphatic carbocycles. The predicted molar refractivity (Wildman–Crippen MR) is 100 cm³/mol. The Morgan fingerprint density at radius 2 is 1.92 bits per heavy atom. The molecule has 0 bridgehead atoms. The van der Waals surface area contributed by atoms with E-state index in [9.17, 15) is 9.90 Å². The van der Waals surface area contributed by atoms with E-state index >= 15 is 0 Å². The van der Waals surface area contributed by atoms with E-state index < -0.39 is 11.6 Å². The SMILES string of the molecule is COC[C@H]1O[C@@H]2SC(CCN(C(=O)O)C(C)(C)C)=N[C@@H]2[C@@H](OC)[C@@H]1OC. The van der Waals surface area contributed by atoms with Crippen LogP contribution in [0.15, 0.2) is 4.99 Å². The van der Waals surface area contributed by atoms with E-state index in [1.807, 2.05) is 20.8 Å². The molecule has 1 N–H and O–H groups in total. The lowest BCUT2D eigenvalue weighted by molar-refractivity contribution is -0.185. The number of carboxylic acid groups (broad SMARTS) is 1. The summed E-state index contributed by atoms with van der Waals surface area (Å²) >= 11 is 1.54. The van der Waals surface area contributed by atoms with Gasteiger partial charge in [-0.05, 0) is 20.8 Å². The summed E-state index contributed by atoms with van der Waals surface area (Å²) < 4.78 is 22.6. The molecule has 0 aromatic heterocycles. The largest absolute Gasteiger partial charge is 0.465 e. The summed E-state index contributed by atoms with van der Waals surface area (Å²) in [4.78, 5) is 17.7. The van der Waals surface area contributed by atoms with Crippen molar-refractivity contribution in [1.82, 2.24) is 4.90 Å². The van der Waals surface area contributed by atoms with Crippen molar-refractivity contribution < 1.29 is 28.8 Å². The predicted octanol–water partition coefficient (Wildman–Crippen LogP) is 2.07. The molecule has 0 unspecified atom stereocenters. The third-order valence-electron chi connectivity index (χ3n) is 4.63. The first kappa shape index (κ1) is 21.4. The Morgan fingerprint density at radius 3 is 2.42 bits per heavy atom. The van der Waals surface area contributed by atoms with Gasteiger partial charge in [0, 0.05) is 39.8 Å². The topological polar surface area (TPSA) is 89.8 Å². The van der Waals surface area contributed by atoms with Gasteiger partial charge >= 0.3 is 6.09 Å². The molecule has 9 heteroatoms. The molecule has 0 aromatic carbocycles. The standard InChI is InChI=1S/C17H30N2O6S/c1-17(2,3)19(16(20)21)8-7-11-18-12-14(24-6)13(23-5)10(9-22-4)25-15(12)26-11/h10,12-15H,7-9H2,1-6H3,(H,20,21)/t10-,12-,13-,14-,15-/m1/s1. The number of fused-ring (bicyclic) bond motifs is 1. The molecule has 2 aliphatic heterocycles. The molecule has 0 aromatic rings. The van der Waals surface area contributed by atoms with Crippen molar-refractivity contribution in [3.05, 3.63) is 0 Å². The normalized spacial score (nSPS) is 31.5. The zero-order valence-electron chi connectivity index (χ0n) is 16.3. The average Bonchev–Trinajstić information content (AvgIpc) is 2.94. The molecule has 1 saturated heterocycles. The molecule has 2 aliphatic rings. The molecule has 0 saturated carbocycles. The van der Waals surface area contributed by atoms with E-state index in [2.05, 4.69) is 0 Å². The van der Waals surface area contributed by atoms with E-state index in [1.165, 1.54) is 16.7 Å². The van der Waals surface area contributed by atoms with Crippen LogP contribution < -0.4 is 0 Å². The number of hydrogen-bond acceptors (Lipinski definition) is 7. The van der Waals surface area contributed by atoms with Gasteiger partial charge in [-0.15, -0.1) is 0 Å². The quantitative estimate of drug-likeness (QED) is 0.712. The maximum Gasteiger partial charge on any atom is 0.407 e. The number of hydrogen-bond donors (Lipinski definition) is 1. The first-order valence-corrected chi connectivity index (χ1v) is 9.54. The molecule has 0 radical (unpaired) electrons. The van der Waals surface area contributed by atoms with E-state index in [4.69, 9.17) is 23.9 Å². The molecule has 26 heavy (non-hydrogen) atoms. The summed E-state index contributed by atoms with van der Waals surface area (Å²) in [6.07, 6.45) is -1.11. The third kappa shape index (κ3) is 4.69. The van der Waals surface area contributed by atoms with Gasteiger partial charge in [-0.3, -0.25) is 4.99 Å². The second kappa shape index (κ2) is 8.88. The van der Waals surface area contributed by atoms with Gasteiger partial charge in [0.1, 0.15) is 29.8 Å². The molecule has 1 amide bonds. The Labute approximate surface area is 159 Å². The minimum Gasteiger partial charge on any atom is -0.465 e. The number of carbonyl (C=O) groups is 1. The van der Waals surface area contributed by atoms with Crippen molar-refractivity contribution in [2.24, 2.45) is 4.99 Å². The molecule has 1 fully saturated rings. The highest BCUT2D eigenvalue weighted by Crippen LogP contribution is 2.39. The van der Waals surface area contributed by atoms with Crippen LogP contribution >= 0.6 is 11.8 Å². The van der Waals surface area contributed by atoms with Crippen molar-refractivity contribution in [3.8, 4) is 0 Å². The highest BCUT2D eigenvalue weighted by atomic mass is 32.2. The number of aliphatic imine (C=N–C) groups is 1. The molecular weight excluding hydrogens is 360 g/mol. The van der Waals surface area contributed by atoms with Crippen LogP contribution in [0.5, 0.6) is 0 Å². The monoisotopic (exact) mass is 390 g/mol. The Hall–Kier alpha value is -0.870. The zero-order valence-corrected chi connectivity index (χ0v) is 17.1. The van der Waals surface area contributed by atoms with E-state index in [0.717, 1.165) is 5.04 Å². The van der Waals surface area contributed by atoms with Gasteiger partial charge in [-0.1, -0.05) is 11.8 Å². The summed E-state index contributed by atoms with van der Waals surface area (Å²) in [5.74, 6) is 0. The highest BCUT2D eigenvalue weighted by molar-refractivity contribution is 8.14. The van der Waals surface area contributed by atoms with Crippen molar-refractivity contribution in [2.75, 3.05) is 34.5 Å². The molecule has 0 spiro atoms. The fourth-order valence-corrected chi connectivity index (χ4v) is 4.57. The number of nitrogens with zero attached hydrogens (tertiary/aromatic N) is 2. The minimum absolute atomic E-state index is 0.172. The lowest BCUT2D eigenvalue weighted by Gasteiger charge is -2.41. The van der Waals surface area contributed by atoms with Crippen molar-refractivity contribution in [1.29, 1.82) is 0 Å². The zero-order chi connectivity index (χ0) is 19.5. The van der Waals surface area contributed by atoms with E-state index in [0.29, 0.717) is 19.6 Å². The van der Waals surface area contributed by atoms with Crippen LogP contribution in [0.3, 0.4) is 0 Å². The van der Waals surface area contributed by atoms with Crippen LogP contribution in [0.2, 0.25) is 0 Å². The molecular formula is C17H30N2O6S. The van der Waals surface area contributed by atoms with Crippen LogP contribution in [-0.2, 0) is 18.9 Å². The van der Waals surface area contributed by atoms with Gasteiger partial charge in [0.05, 0.1) is 11.7 Å². The third-order valence-corrected chi connectivity index (χ3v) is 5.83. The highest BCUT2D eigenvalue weighted by Gasteiger charge is 2.49. The molecule has 150 valence electrons. The van der Waals surface area contributed by atoms with Crippen molar-refractivity contribution >= 4 is 22.9 Å². The van der Waals surface area contributed by atoms with Crippen LogP contribution in [0, 0.1) is 0 Å². The van der Waals surface area contributed by atoms with Crippen LogP contribution in [-0.4, -0.2) is 91.0 Å². The van der Waals surface area contributed by atoms with E-state index in [1.54, 1.807) is 21.3 Å². The number of amides is 1. The van der Waals surface area contributed by atoms with Crippen molar-refractivity contribution in [2.45, 2.75) is 62.5 Å². The van der Waals surface area contributed by atoms with Gasteiger partial charge < -0.3 is 29.0 Å². The summed E-state index contributed by atoms with van der Waals surface area (Å²) in [7, 11) is 4.90. The second-order valence-corrected chi connectivity index (χ2v) is 8.56. The summed E-state index contributed by atoms with van der Waals surface area (Å²) in [6, 6.07) is -0.175. The summed E-state index contributed by atoms with van der Waals surface area (Å²) in [5.41, 5.74) is -0.631. The van der Waals surface area contributed by atoms with Crippen LogP contribution in [0.4, 0.5) is 4.79 Å². The van der Waals surface area contributed by atoms with Gasteiger partial charge in [0.15, 0.2) is 0 Å². The first-order chi connectivity index (χ1) is 12.2. The van der Waals surface area contributed by atoms with Gasteiger partial charge in [0.2, 0.25) is 0 Å². The second-order valence-electron chi connectivity index (χ2n) is 7.39. The fraction of sp³-hybridized carbons (Fsp3) is 0.882. The van der Waals surface area contributed by atoms with Crippen molar-refractivity contribution in [3.63, 3.8) is 0 Å². The van der Waals surface area contributed by atoms with Gasteiger partial charge in [-0.2, -0.15) is 0 Å². The first-order valence-electron chi connectivity index (χ1n) is 8.66. The number of thioether (sulfide) groups is 1.